The van der Waals surface area contributed by atoms with Crippen LogP contribution >= 0.6 is 0 Å². The van der Waals surface area contributed by atoms with Crippen LogP contribution < -0.4 is 0 Å². The lowest BCUT2D eigenvalue weighted by Crippen LogP contribution is -1.79. The number of nitrogens with zero attached hydrogens (tertiary/aromatic N) is 2. The van der Waals surface area contributed by atoms with Crippen molar-refractivity contribution in [1.29, 1.82) is 0 Å². The van der Waals surface area contributed by atoms with Crippen LogP contribution in [0, 0.1) is 0 Å². The molecule has 2 heteroatoms. The summed E-state index contributed by atoms with van der Waals surface area (Å²) in [7, 11) is 0. The van der Waals surface area contributed by atoms with Crippen molar-refractivity contribution in [2.45, 2.75) is 13.8 Å². The number of hydrogen-bond donors (Lipinski definition) is 0. The van der Waals surface area contributed by atoms with Crippen LogP contribution in [0.5, 0.6) is 0 Å². The summed E-state index contributed by atoms with van der Waals surface area (Å²) in [6, 6.07) is 32.7. The molecule has 0 fully saturated rings. The Morgan fingerprint density at radius 1 is 0.500 bits per heavy atom. The first kappa shape index (κ1) is 19.2. The number of fused-ring (bicyclic) bond motifs is 3. The molecule has 0 N–H and O–H groups in total. The van der Waals surface area contributed by atoms with Gasteiger partial charge in [0.05, 0.1) is 11.2 Å². The summed E-state index contributed by atoms with van der Waals surface area (Å²) in [6.07, 6.45) is 3.65. The molecule has 0 aliphatic carbocycles. The van der Waals surface area contributed by atoms with Crippen molar-refractivity contribution >= 4 is 21.7 Å². The maximum atomic E-state index is 4.41. The summed E-state index contributed by atoms with van der Waals surface area (Å²) in [5.74, 6) is 0. The molecule has 5 rings (SSSR count). The molecule has 0 saturated heterocycles. The predicted octanol–water partition coefficient (Wildman–Crippen LogP) is 7.16. The number of hydrogen-bond acceptors (Lipinski definition) is 2. The molecule has 138 valence electrons. The average Bonchev–Trinajstić information content (AvgIpc) is 2.82. The summed E-state index contributed by atoms with van der Waals surface area (Å²) >= 11 is 0. The standard InChI is InChI=1S/C13H9N.C11H9N.C2H6/c1-2-6-12-10(4-1)7-8-11-5-3-9-14-13(11)12;1-2-6-10(7-3-1)11-8-4-5-9-12-11;1-2/h1-9H;1-9H;1-2H3. The Bertz CT molecular complexity index is 1030. The van der Waals surface area contributed by atoms with E-state index in [2.05, 4.69) is 64.6 Å². The lowest BCUT2D eigenvalue weighted by molar-refractivity contribution is 1.33. The zero-order chi connectivity index (χ0) is 19.6. The van der Waals surface area contributed by atoms with Crippen molar-refractivity contribution in [2.24, 2.45) is 0 Å². The zero-order valence-corrected chi connectivity index (χ0v) is 16.3. The van der Waals surface area contributed by atoms with E-state index in [-0.39, 0.29) is 0 Å². The summed E-state index contributed by atoms with van der Waals surface area (Å²) in [4.78, 5) is 8.66. The van der Waals surface area contributed by atoms with Gasteiger partial charge in [0.2, 0.25) is 0 Å². The van der Waals surface area contributed by atoms with Crippen LogP contribution in [-0.2, 0) is 0 Å². The lowest BCUT2D eigenvalue weighted by Gasteiger charge is -2.01. The second kappa shape index (κ2) is 9.98. The minimum atomic E-state index is 1.03. The summed E-state index contributed by atoms with van der Waals surface area (Å²) in [5.41, 5.74) is 3.28. The van der Waals surface area contributed by atoms with Crippen LogP contribution in [0.25, 0.3) is 32.9 Å². The van der Waals surface area contributed by atoms with Gasteiger partial charge in [0.25, 0.3) is 0 Å². The second-order valence-corrected chi connectivity index (χ2v) is 5.94. The van der Waals surface area contributed by atoms with Gasteiger partial charge in [-0.3, -0.25) is 9.97 Å². The van der Waals surface area contributed by atoms with Crippen molar-refractivity contribution in [1.82, 2.24) is 9.97 Å². The van der Waals surface area contributed by atoms with Crippen LogP contribution in [-0.4, -0.2) is 9.97 Å². The third-order valence-electron chi connectivity index (χ3n) is 4.23. The quantitative estimate of drug-likeness (QED) is 0.295. The van der Waals surface area contributed by atoms with Crippen LogP contribution in [0.1, 0.15) is 13.8 Å². The highest BCUT2D eigenvalue weighted by molar-refractivity contribution is 6.04. The van der Waals surface area contributed by atoms with Gasteiger partial charge in [0, 0.05) is 28.7 Å². The number of pyridine rings is 2. The number of benzene rings is 3. The Labute approximate surface area is 166 Å². The fourth-order valence-corrected chi connectivity index (χ4v) is 2.96. The van der Waals surface area contributed by atoms with E-state index < -0.39 is 0 Å². The average molecular weight is 364 g/mol. The van der Waals surface area contributed by atoms with E-state index in [0.717, 1.165) is 16.8 Å². The Morgan fingerprint density at radius 3 is 1.93 bits per heavy atom. The highest BCUT2D eigenvalue weighted by atomic mass is 14.7. The van der Waals surface area contributed by atoms with Gasteiger partial charge in [-0.1, -0.05) is 92.7 Å². The molecule has 3 aromatic carbocycles. The molecule has 0 unspecified atom stereocenters. The normalized spacial score (nSPS) is 9.79. The van der Waals surface area contributed by atoms with E-state index in [9.17, 15) is 0 Å². The van der Waals surface area contributed by atoms with Crippen molar-refractivity contribution in [2.75, 3.05) is 0 Å². The minimum absolute atomic E-state index is 1.03. The molecule has 2 heterocycles. The SMILES string of the molecule is CC.c1ccc(-c2ccccn2)cc1.c1ccc2c(c1)ccc1cccnc12. The van der Waals surface area contributed by atoms with Gasteiger partial charge in [0.15, 0.2) is 0 Å². The molecule has 28 heavy (non-hydrogen) atoms. The molecule has 2 nitrogen and oxygen atoms in total. The van der Waals surface area contributed by atoms with Crippen LogP contribution in [0.15, 0.2) is 109 Å². The summed E-state index contributed by atoms with van der Waals surface area (Å²) in [6.45, 7) is 4.00. The molecule has 2 aromatic heterocycles. The Kier molecular flexibility index (Phi) is 6.86. The topological polar surface area (TPSA) is 25.8 Å². The highest BCUT2D eigenvalue weighted by Crippen LogP contribution is 2.22. The van der Waals surface area contributed by atoms with Gasteiger partial charge < -0.3 is 0 Å². The highest BCUT2D eigenvalue weighted by Gasteiger charge is 1.98. The first-order valence-electron chi connectivity index (χ1n) is 9.61. The van der Waals surface area contributed by atoms with Crippen molar-refractivity contribution in [3.63, 3.8) is 0 Å². The molecule has 0 radical (unpaired) electrons. The van der Waals surface area contributed by atoms with E-state index >= 15 is 0 Å². The smallest absolute Gasteiger partial charge is 0.0780 e. The van der Waals surface area contributed by atoms with Gasteiger partial charge in [-0.25, -0.2) is 0 Å². The second-order valence-electron chi connectivity index (χ2n) is 5.94. The molecular formula is C26H24N2. The molecular weight excluding hydrogens is 340 g/mol. The molecule has 0 saturated carbocycles. The van der Waals surface area contributed by atoms with Crippen LogP contribution in [0.3, 0.4) is 0 Å². The zero-order valence-electron chi connectivity index (χ0n) is 16.3. The maximum absolute atomic E-state index is 4.41. The molecule has 0 amide bonds. The predicted molar refractivity (Wildman–Crippen MR) is 120 cm³/mol. The summed E-state index contributed by atoms with van der Waals surface area (Å²) < 4.78 is 0. The third kappa shape index (κ3) is 4.60. The first-order valence-corrected chi connectivity index (χ1v) is 9.61. The fourth-order valence-electron chi connectivity index (χ4n) is 2.96. The Morgan fingerprint density at radius 2 is 1.14 bits per heavy atom. The van der Waals surface area contributed by atoms with E-state index in [1.165, 1.54) is 16.2 Å². The molecule has 0 bridgehead atoms. The van der Waals surface area contributed by atoms with E-state index in [1.54, 1.807) is 0 Å². The Hall–Kier alpha value is -3.52. The third-order valence-corrected chi connectivity index (χ3v) is 4.23. The maximum Gasteiger partial charge on any atom is 0.0780 e. The monoisotopic (exact) mass is 364 g/mol. The molecule has 0 aliphatic heterocycles. The summed E-state index contributed by atoms with van der Waals surface area (Å²) in [5, 5.41) is 3.68. The number of rotatable bonds is 1. The first-order chi connectivity index (χ1) is 13.9. The van der Waals surface area contributed by atoms with Gasteiger partial charge in [-0.2, -0.15) is 0 Å². The van der Waals surface area contributed by atoms with E-state index in [0.29, 0.717) is 0 Å². The van der Waals surface area contributed by atoms with Crippen LogP contribution in [0.4, 0.5) is 0 Å². The number of aromatic nitrogens is 2. The van der Waals surface area contributed by atoms with E-state index in [1.807, 2.05) is 68.7 Å². The van der Waals surface area contributed by atoms with Gasteiger partial charge in [0.1, 0.15) is 0 Å². The Balaban J connectivity index is 0.000000150. The van der Waals surface area contributed by atoms with Crippen LogP contribution in [0.2, 0.25) is 0 Å². The lowest BCUT2D eigenvalue weighted by atomic mass is 10.1. The van der Waals surface area contributed by atoms with Gasteiger partial charge in [-0.15, -0.1) is 0 Å². The van der Waals surface area contributed by atoms with Crippen molar-refractivity contribution in [3.05, 3.63) is 109 Å². The molecule has 5 aromatic rings. The molecule has 0 atom stereocenters. The van der Waals surface area contributed by atoms with Crippen molar-refractivity contribution < 1.29 is 0 Å². The van der Waals surface area contributed by atoms with Gasteiger partial charge in [-0.05, 0) is 23.6 Å². The van der Waals surface area contributed by atoms with E-state index in [4.69, 9.17) is 0 Å². The largest absolute Gasteiger partial charge is 0.256 e. The van der Waals surface area contributed by atoms with Gasteiger partial charge >= 0.3 is 0 Å². The van der Waals surface area contributed by atoms with Crippen molar-refractivity contribution in [3.8, 4) is 11.3 Å². The molecule has 0 spiro atoms. The molecule has 0 aliphatic rings. The minimum Gasteiger partial charge on any atom is -0.256 e. The fraction of sp³-hybridized carbons (Fsp3) is 0.0769.